The predicted molar refractivity (Wildman–Crippen MR) is 360 cm³/mol. The van der Waals surface area contributed by atoms with Gasteiger partial charge in [-0.2, -0.15) is 0 Å². The molecule has 0 radical (unpaired) electrons. The highest BCUT2D eigenvalue weighted by atomic mass is 16.5. The molecular weight excluding hydrogens is 1140 g/mol. The van der Waals surface area contributed by atoms with Crippen LogP contribution in [0.2, 0.25) is 0 Å². The smallest absolute Gasteiger partial charge is 0.343 e. The number of imide groups is 1. The summed E-state index contributed by atoms with van der Waals surface area (Å²) in [5, 5.41) is 0. The van der Waals surface area contributed by atoms with E-state index >= 15 is 0 Å². The van der Waals surface area contributed by atoms with Crippen molar-refractivity contribution >= 4 is 35.7 Å². The molecule has 0 fully saturated rings. The number of nitrogens with zero attached hydrogens (tertiary/aromatic N) is 1. The Morgan fingerprint density at radius 3 is 0.681 bits per heavy atom. The van der Waals surface area contributed by atoms with Crippen molar-refractivity contribution < 1.29 is 57.2 Å². The first kappa shape index (κ1) is 72.0. The summed E-state index contributed by atoms with van der Waals surface area (Å²) < 4.78 is 34.2. The first-order chi connectivity index (χ1) is 44.5. The van der Waals surface area contributed by atoms with Gasteiger partial charge in [0.2, 0.25) is 0 Å². The highest BCUT2D eigenvalue weighted by Gasteiger charge is 2.25. The summed E-state index contributed by atoms with van der Waals surface area (Å²) in [5.41, 5.74) is 1.59. The number of rotatable bonds is 45. The van der Waals surface area contributed by atoms with Crippen LogP contribution >= 0.6 is 0 Å². The second kappa shape index (κ2) is 42.8. The quantitative estimate of drug-likeness (QED) is 0.0154. The number of unbranched alkanes of at least 4 members (excludes halogenated alkanes) is 27. The lowest BCUT2D eigenvalue weighted by molar-refractivity contribution is 0.0610. The van der Waals surface area contributed by atoms with Crippen LogP contribution in [0.4, 0.5) is 0 Å². The molecule has 0 unspecified atom stereocenters. The van der Waals surface area contributed by atoms with Gasteiger partial charge in [-0.3, -0.25) is 14.5 Å². The van der Waals surface area contributed by atoms with Gasteiger partial charge < -0.3 is 28.4 Å². The minimum Gasteiger partial charge on any atom is -0.494 e. The van der Waals surface area contributed by atoms with Gasteiger partial charge in [-0.05, 0) is 165 Å². The van der Waals surface area contributed by atoms with Gasteiger partial charge in [-0.1, -0.05) is 194 Å². The van der Waals surface area contributed by atoms with Crippen molar-refractivity contribution in [1.29, 1.82) is 0 Å². The Balaban J connectivity index is 0.953. The van der Waals surface area contributed by atoms with Crippen LogP contribution in [0.1, 0.15) is 276 Å². The fourth-order valence-corrected chi connectivity index (χ4v) is 10.6. The topological polar surface area (TPSA) is 161 Å². The zero-order valence-electron chi connectivity index (χ0n) is 54.5. The van der Waals surface area contributed by atoms with E-state index in [4.69, 9.17) is 28.4 Å². The van der Waals surface area contributed by atoms with Gasteiger partial charge in [0.1, 0.15) is 34.5 Å². The number of esters is 4. The molecule has 0 N–H and O–H groups in total. The first-order valence-corrected chi connectivity index (χ1v) is 34.2. The minimum atomic E-state index is -0.661. The maximum Gasteiger partial charge on any atom is 0.343 e. The van der Waals surface area contributed by atoms with E-state index in [9.17, 15) is 28.8 Å². The second-order valence-corrected chi connectivity index (χ2v) is 23.7. The van der Waals surface area contributed by atoms with E-state index in [1.807, 2.05) is 0 Å². The molecule has 0 bridgehead atoms. The van der Waals surface area contributed by atoms with Crippen molar-refractivity contribution in [2.75, 3.05) is 19.8 Å². The average molecular weight is 1240 g/mol. The van der Waals surface area contributed by atoms with Gasteiger partial charge in [-0.25, -0.2) is 19.2 Å². The SMILES string of the molecule is CCCCCCCCCCCCOc1ccc(C(=O)Oc2ccc(C(=O)Oc3ccc(C(=O)N(CCCCCCCCCCCC)C(=O)c4ccc(OC(=O)c5ccc(OC(=O)c6ccc(OCCCCCCCCCCCC)cc6)cc5)cc4)cc3)cc2)cc1. The van der Waals surface area contributed by atoms with Crippen LogP contribution in [0.25, 0.3) is 0 Å². The highest BCUT2D eigenvalue weighted by molar-refractivity contribution is 6.10. The molecule has 0 aliphatic rings. The summed E-state index contributed by atoms with van der Waals surface area (Å²) in [6.07, 6.45) is 35.9. The number of hydrogen-bond donors (Lipinski definition) is 0. The van der Waals surface area contributed by atoms with Crippen LogP contribution in [0.3, 0.4) is 0 Å². The molecule has 0 aliphatic heterocycles. The molecule has 6 aromatic rings. The fourth-order valence-electron chi connectivity index (χ4n) is 10.6. The predicted octanol–water partition coefficient (Wildman–Crippen LogP) is 20.4. The van der Waals surface area contributed by atoms with Crippen molar-refractivity contribution in [2.24, 2.45) is 0 Å². The van der Waals surface area contributed by atoms with E-state index in [1.165, 1.54) is 237 Å². The summed E-state index contributed by atoms with van der Waals surface area (Å²) in [6.45, 7) is 8.13. The Morgan fingerprint density at radius 1 is 0.242 bits per heavy atom. The molecule has 0 saturated carbocycles. The molecule has 91 heavy (non-hydrogen) atoms. The molecule has 13 heteroatoms. The van der Waals surface area contributed by atoms with Crippen LogP contribution in [0, 0.1) is 0 Å². The summed E-state index contributed by atoms with van der Waals surface area (Å²) in [5.74, 6) is -1.20. The van der Waals surface area contributed by atoms with E-state index in [2.05, 4.69) is 20.8 Å². The molecule has 0 aromatic heterocycles. The molecule has 13 nitrogen and oxygen atoms in total. The minimum absolute atomic E-state index is 0.180. The lowest BCUT2D eigenvalue weighted by Crippen LogP contribution is -2.37. The number of amides is 2. The number of hydrogen-bond acceptors (Lipinski definition) is 12. The van der Waals surface area contributed by atoms with Crippen molar-refractivity contribution in [3.63, 3.8) is 0 Å². The average Bonchev–Trinajstić information content (AvgIpc) is 1.64. The van der Waals surface area contributed by atoms with Crippen LogP contribution < -0.4 is 28.4 Å². The maximum atomic E-state index is 14.2. The van der Waals surface area contributed by atoms with Gasteiger partial charge in [0.15, 0.2) is 0 Å². The molecular formula is C78H99NO12. The molecule has 0 atom stereocenters. The van der Waals surface area contributed by atoms with Crippen LogP contribution in [-0.4, -0.2) is 60.4 Å². The normalized spacial score (nSPS) is 11.0. The molecule has 0 heterocycles. The summed E-state index contributed by atoms with van der Waals surface area (Å²) in [7, 11) is 0. The largest absolute Gasteiger partial charge is 0.494 e. The number of carbonyl (C=O) groups excluding carboxylic acids is 6. The number of benzene rings is 6. The van der Waals surface area contributed by atoms with Gasteiger partial charge in [0, 0.05) is 17.7 Å². The van der Waals surface area contributed by atoms with E-state index in [0.29, 0.717) is 42.3 Å². The molecule has 0 saturated heterocycles. The van der Waals surface area contributed by atoms with Crippen molar-refractivity contribution in [3.05, 3.63) is 179 Å². The fraction of sp³-hybridized carbons (Fsp3) is 0.462. The number of carbonyl (C=O) groups is 6. The van der Waals surface area contributed by atoms with E-state index < -0.39 is 35.7 Å². The van der Waals surface area contributed by atoms with Crippen LogP contribution in [0.15, 0.2) is 146 Å². The van der Waals surface area contributed by atoms with E-state index in [1.54, 1.807) is 48.5 Å². The molecule has 6 aromatic carbocycles. The zero-order valence-corrected chi connectivity index (χ0v) is 54.5. The lowest BCUT2D eigenvalue weighted by Gasteiger charge is -2.21. The van der Waals surface area contributed by atoms with Crippen molar-refractivity contribution in [1.82, 2.24) is 4.90 Å². The van der Waals surface area contributed by atoms with Crippen molar-refractivity contribution in [2.45, 2.75) is 213 Å². The monoisotopic (exact) mass is 1240 g/mol. The summed E-state index contributed by atoms with van der Waals surface area (Å²) in [6, 6.07) is 37.8. The van der Waals surface area contributed by atoms with Gasteiger partial charge in [0.25, 0.3) is 11.8 Å². The Morgan fingerprint density at radius 2 is 0.440 bits per heavy atom. The Labute approximate surface area is 541 Å². The number of ether oxygens (including phenoxy) is 6. The van der Waals surface area contributed by atoms with E-state index in [-0.39, 0.29) is 51.8 Å². The van der Waals surface area contributed by atoms with Gasteiger partial charge in [-0.15, -0.1) is 0 Å². The molecule has 0 spiro atoms. The lowest BCUT2D eigenvalue weighted by atomic mass is 10.1. The molecule has 0 aliphatic carbocycles. The van der Waals surface area contributed by atoms with Gasteiger partial charge >= 0.3 is 23.9 Å². The highest BCUT2D eigenvalue weighted by Crippen LogP contribution is 2.25. The Hall–Kier alpha value is -8.06. The van der Waals surface area contributed by atoms with E-state index in [0.717, 1.165) is 51.4 Å². The van der Waals surface area contributed by atoms with Gasteiger partial charge in [0.05, 0.1) is 35.5 Å². The summed E-state index contributed by atoms with van der Waals surface area (Å²) in [4.78, 5) is 82.1. The van der Waals surface area contributed by atoms with Crippen molar-refractivity contribution in [3.8, 4) is 34.5 Å². The maximum absolute atomic E-state index is 14.2. The third kappa shape index (κ3) is 27.5. The second-order valence-electron chi connectivity index (χ2n) is 23.7. The third-order valence-corrected chi connectivity index (χ3v) is 16.2. The Kier molecular flexibility index (Phi) is 33.9. The zero-order chi connectivity index (χ0) is 64.5. The summed E-state index contributed by atoms with van der Waals surface area (Å²) >= 11 is 0. The molecule has 6 rings (SSSR count). The molecule has 488 valence electrons. The Bertz CT molecular complexity index is 2850. The standard InChI is InChI=1S/C78H99NO12/c1-4-7-10-13-16-19-22-25-28-31-58-79(73(80)61-34-50-69(51-35-61)88-77(84)65-42-54-71(55-43-65)90-75(82)63-38-46-67(47-39-63)86-59-32-29-26-23-20-17-14-11-8-5-2)74(81)62-36-52-70(53-37-62)89-78(85)66-44-56-72(57-45-66)91-76(83)64-40-48-68(49-41-64)87-60-33-30-27-24-21-18-15-12-9-6-3/h34-57H,4-33,58-60H2,1-3H3. The first-order valence-electron chi connectivity index (χ1n) is 34.2. The van der Waals surface area contributed by atoms with Crippen LogP contribution in [-0.2, 0) is 0 Å². The van der Waals surface area contributed by atoms with Crippen LogP contribution in [0.5, 0.6) is 34.5 Å². The third-order valence-electron chi connectivity index (χ3n) is 16.2. The molecule has 2 amide bonds.